The molecule has 0 amide bonds. The zero-order chi connectivity index (χ0) is 12.3. The molecule has 3 nitrogen and oxygen atoms in total. The molecule has 0 aliphatic carbocycles. The molecule has 0 aliphatic heterocycles. The van der Waals surface area contributed by atoms with Crippen molar-refractivity contribution >= 4 is 17.4 Å². The quantitative estimate of drug-likeness (QED) is 0.846. The van der Waals surface area contributed by atoms with Crippen LogP contribution < -0.4 is 5.32 Å². The van der Waals surface area contributed by atoms with Crippen LogP contribution in [0.5, 0.6) is 0 Å². The predicted molar refractivity (Wildman–Crippen MR) is 70.3 cm³/mol. The van der Waals surface area contributed by atoms with Crippen molar-refractivity contribution in [3.05, 3.63) is 52.4 Å². The maximum Gasteiger partial charge on any atom is 0.224 e. The van der Waals surface area contributed by atoms with Crippen LogP contribution in [0.15, 0.2) is 30.5 Å². The minimum absolute atomic E-state index is 0.267. The van der Waals surface area contributed by atoms with Gasteiger partial charge < -0.3 is 5.32 Å². The molecule has 0 unspecified atom stereocenters. The standard InChI is InChI=1S/C13H14ClN3/c1-9-5-3-4-6-11(9)8-15-12-10(2)7-16-13(14)17-12/h3-7H,8H2,1-2H3,(H,15,16,17). The summed E-state index contributed by atoms with van der Waals surface area (Å²) in [5, 5.41) is 3.54. The van der Waals surface area contributed by atoms with E-state index >= 15 is 0 Å². The summed E-state index contributed by atoms with van der Waals surface area (Å²) in [6.45, 7) is 4.79. The molecule has 4 heteroatoms. The first kappa shape index (κ1) is 11.9. The predicted octanol–water partition coefficient (Wildman–Crippen LogP) is 3.36. The average molecular weight is 248 g/mol. The second-order valence-corrected chi connectivity index (χ2v) is 4.29. The van der Waals surface area contributed by atoms with Gasteiger partial charge in [0.2, 0.25) is 5.28 Å². The lowest BCUT2D eigenvalue weighted by molar-refractivity contribution is 1.05. The van der Waals surface area contributed by atoms with Gasteiger partial charge in [-0.05, 0) is 36.6 Å². The van der Waals surface area contributed by atoms with Crippen LogP contribution in [0.25, 0.3) is 0 Å². The molecule has 0 atom stereocenters. The summed E-state index contributed by atoms with van der Waals surface area (Å²) in [5.41, 5.74) is 3.50. The summed E-state index contributed by atoms with van der Waals surface area (Å²) < 4.78 is 0. The van der Waals surface area contributed by atoms with E-state index in [9.17, 15) is 0 Å². The Morgan fingerprint density at radius 3 is 2.71 bits per heavy atom. The Balaban J connectivity index is 2.12. The van der Waals surface area contributed by atoms with Gasteiger partial charge in [-0.1, -0.05) is 24.3 Å². The molecule has 0 bridgehead atoms. The Bertz CT molecular complexity index is 526. The number of hydrogen-bond acceptors (Lipinski definition) is 3. The number of benzene rings is 1. The van der Waals surface area contributed by atoms with Crippen molar-refractivity contribution in [3.63, 3.8) is 0 Å². The van der Waals surface area contributed by atoms with Crippen LogP contribution in [0.1, 0.15) is 16.7 Å². The van der Waals surface area contributed by atoms with Crippen molar-refractivity contribution in [2.75, 3.05) is 5.32 Å². The Hall–Kier alpha value is -1.61. The first-order valence-corrected chi connectivity index (χ1v) is 5.82. The van der Waals surface area contributed by atoms with Crippen LogP contribution in [0, 0.1) is 13.8 Å². The van der Waals surface area contributed by atoms with Crippen LogP contribution in [0.4, 0.5) is 5.82 Å². The van der Waals surface area contributed by atoms with Crippen LogP contribution >= 0.6 is 11.6 Å². The van der Waals surface area contributed by atoms with Gasteiger partial charge in [-0.2, -0.15) is 0 Å². The zero-order valence-electron chi connectivity index (χ0n) is 9.87. The maximum absolute atomic E-state index is 5.77. The molecule has 88 valence electrons. The second-order valence-electron chi connectivity index (χ2n) is 3.95. The molecule has 2 rings (SSSR count). The lowest BCUT2D eigenvalue weighted by Crippen LogP contribution is -2.05. The first-order chi connectivity index (χ1) is 8.16. The van der Waals surface area contributed by atoms with E-state index in [1.807, 2.05) is 19.1 Å². The van der Waals surface area contributed by atoms with Gasteiger partial charge in [-0.25, -0.2) is 9.97 Å². The summed E-state index contributed by atoms with van der Waals surface area (Å²) in [5.74, 6) is 0.785. The maximum atomic E-state index is 5.77. The minimum atomic E-state index is 0.267. The van der Waals surface area contributed by atoms with Crippen molar-refractivity contribution in [1.82, 2.24) is 9.97 Å². The molecule has 1 aromatic heterocycles. The number of nitrogens with one attached hydrogen (secondary N) is 1. The van der Waals surface area contributed by atoms with E-state index in [0.29, 0.717) is 0 Å². The molecule has 0 aliphatic rings. The number of halogens is 1. The molecule has 1 aromatic carbocycles. The van der Waals surface area contributed by atoms with E-state index in [-0.39, 0.29) is 5.28 Å². The molecule has 0 radical (unpaired) electrons. The van der Waals surface area contributed by atoms with E-state index in [1.54, 1.807) is 6.20 Å². The molecule has 0 fully saturated rings. The summed E-state index contributed by atoms with van der Waals surface area (Å²) in [4.78, 5) is 8.09. The third kappa shape index (κ3) is 2.94. The van der Waals surface area contributed by atoms with Gasteiger partial charge in [0.05, 0.1) is 0 Å². The van der Waals surface area contributed by atoms with E-state index < -0.39 is 0 Å². The smallest absolute Gasteiger partial charge is 0.224 e. The van der Waals surface area contributed by atoms with Gasteiger partial charge in [0, 0.05) is 18.3 Å². The van der Waals surface area contributed by atoms with Crippen molar-refractivity contribution in [2.24, 2.45) is 0 Å². The fourth-order valence-corrected chi connectivity index (χ4v) is 1.72. The number of rotatable bonds is 3. The fraction of sp³-hybridized carbons (Fsp3) is 0.231. The lowest BCUT2D eigenvalue weighted by atomic mass is 10.1. The monoisotopic (exact) mass is 247 g/mol. The highest BCUT2D eigenvalue weighted by Crippen LogP contribution is 2.15. The second kappa shape index (κ2) is 5.15. The Labute approximate surface area is 106 Å². The van der Waals surface area contributed by atoms with Gasteiger partial charge in [-0.15, -0.1) is 0 Å². The van der Waals surface area contributed by atoms with Crippen LogP contribution in [-0.2, 0) is 6.54 Å². The molecule has 1 heterocycles. The Morgan fingerprint density at radius 1 is 1.18 bits per heavy atom. The summed E-state index contributed by atoms with van der Waals surface area (Å²) in [6.07, 6.45) is 1.72. The topological polar surface area (TPSA) is 37.8 Å². The molecule has 0 saturated heterocycles. The van der Waals surface area contributed by atoms with Crippen LogP contribution in [0.3, 0.4) is 0 Å². The molecule has 1 N–H and O–H groups in total. The highest BCUT2D eigenvalue weighted by molar-refractivity contribution is 6.28. The van der Waals surface area contributed by atoms with Gasteiger partial charge >= 0.3 is 0 Å². The van der Waals surface area contributed by atoms with E-state index in [4.69, 9.17) is 11.6 Å². The lowest BCUT2D eigenvalue weighted by Gasteiger charge is -2.10. The van der Waals surface area contributed by atoms with Crippen molar-refractivity contribution in [1.29, 1.82) is 0 Å². The van der Waals surface area contributed by atoms with Gasteiger partial charge in [0.15, 0.2) is 0 Å². The van der Waals surface area contributed by atoms with Crippen molar-refractivity contribution < 1.29 is 0 Å². The number of hydrogen-bond donors (Lipinski definition) is 1. The van der Waals surface area contributed by atoms with Crippen LogP contribution in [-0.4, -0.2) is 9.97 Å². The molecule has 2 aromatic rings. The summed E-state index contributed by atoms with van der Waals surface area (Å²) in [6, 6.07) is 8.26. The van der Waals surface area contributed by atoms with E-state index in [1.165, 1.54) is 11.1 Å². The Morgan fingerprint density at radius 2 is 1.94 bits per heavy atom. The van der Waals surface area contributed by atoms with Crippen LogP contribution in [0.2, 0.25) is 5.28 Å². The SMILES string of the molecule is Cc1ccccc1CNc1nc(Cl)ncc1C. The van der Waals surface area contributed by atoms with E-state index in [0.717, 1.165) is 17.9 Å². The normalized spacial score (nSPS) is 10.3. The molecule has 0 spiro atoms. The largest absolute Gasteiger partial charge is 0.366 e. The van der Waals surface area contributed by atoms with Crippen molar-refractivity contribution in [3.8, 4) is 0 Å². The third-order valence-electron chi connectivity index (χ3n) is 2.65. The fourth-order valence-electron chi connectivity index (χ4n) is 1.59. The van der Waals surface area contributed by atoms with Gasteiger partial charge in [-0.3, -0.25) is 0 Å². The molecular weight excluding hydrogens is 234 g/mol. The van der Waals surface area contributed by atoms with Gasteiger partial charge in [0.1, 0.15) is 5.82 Å². The van der Waals surface area contributed by atoms with Crippen molar-refractivity contribution in [2.45, 2.75) is 20.4 Å². The Kier molecular flexibility index (Phi) is 3.59. The van der Waals surface area contributed by atoms with Gasteiger partial charge in [0.25, 0.3) is 0 Å². The highest BCUT2D eigenvalue weighted by Gasteiger charge is 2.03. The van der Waals surface area contributed by atoms with E-state index in [2.05, 4.69) is 34.3 Å². The number of aromatic nitrogens is 2. The first-order valence-electron chi connectivity index (χ1n) is 5.44. The summed E-state index contributed by atoms with van der Waals surface area (Å²) in [7, 11) is 0. The number of aryl methyl sites for hydroxylation is 2. The zero-order valence-corrected chi connectivity index (χ0v) is 10.6. The molecule has 17 heavy (non-hydrogen) atoms. The number of nitrogens with zero attached hydrogens (tertiary/aromatic N) is 2. The number of anilines is 1. The minimum Gasteiger partial charge on any atom is -0.366 e. The average Bonchev–Trinajstić information content (AvgIpc) is 2.32. The summed E-state index contributed by atoms with van der Waals surface area (Å²) >= 11 is 5.77. The molecular formula is C13H14ClN3. The highest BCUT2D eigenvalue weighted by atomic mass is 35.5. The third-order valence-corrected chi connectivity index (χ3v) is 2.83. The molecule has 0 saturated carbocycles.